The van der Waals surface area contributed by atoms with Crippen molar-refractivity contribution in [2.45, 2.75) is 11.8 Å². The van der Waals surface area contributed by atoms with Gasteiger partial charge >= 0.3 is 0 Å². The normalized spacial score (nSPS) is 16.6. The monoisotopic (exact) mass is 457 g/mol. The maximum Gasteiger partial charge on any atom is 0.107 e. The molecule has 1 atom stereocenters. The lowest BCUT2D eigenvalue weighted by Crippen LogP contribution is -2.68. The van der Waals surface area contributed by atoms with Gasteiger partial charge in [0.2, 0.25) is 0 Å². The second-order valence-corrected chi connectivity index (χ2v) is 9.21. The average Bonchev–Trinajstić information content (AvgIpc) is 2.73. The first-order valence-corrected chi connectivity index (χ1v) is 11.0. The molecule has 5 heteroatoms. The van der Waals surface area contributed by atoms with Gasteiger partial charge in [0.15, 0.2) is 0 Å². The van der Waals surface area contributed by atoms with E-state index in [1.165, 1.54) is 21.9 Å². The van der Waals surface area contributed by atoms with Gasteiger partial charge in [-0.25, -0.2) is 0 Å². The van der Waals surface area contributed by atoms with Crippen LogP contribution >= 0.6 is 46.4 Å². The third-order valence-corrected chi connectivity index (χ3v) is 6.77. The number of allylic oxidation sites excluding steroid dienone is 4. The fraction of sp³-hybridized carbons (Fsp3) is 0.0833. The molecule has 3 aromatic rings. The predicted octanol–water partition coefficient (Wildman–Crippen LogP) is 6.15. The maximum absolute atomic E-state index is 6.36. The van der Waals surface area contributed by atoms with Gasteiger partial charge in [-0.3, -0.25) is 0 Å². The number of rotatable bonds is 4. The molecule has 1 aliphatic carbocycles. The van der Waals surface area contributed by atoms with E-state index in [1.54, 1.807) is 0 Å². The molecule has 0 aromatic heterocycles. The molecule has 146 valence electrons. The van der Waals surface area contributed by atoms with Crippen LogP contribution in [0.25, 0.3) is 0 Å². The van der Waals surface area contributed by atoms with Crippen molar-refractivity contribution in [1.29, 1.82) is 0 Å². The summed E-state index contributed by atoms with van der Waals surface area (Å²) in [4.78, 5) is 0. The number of hydrogen-bond acceptors (Lipinski definition) is 0. The Morgan fingerprint density at radius 3 is 1.31 bits per heavy atom. The van der Waals surface area contributed by atoms with Gasteiger partial charge in [0.1, 0.15) is 6.15 Å². The summed E-state index contributed by atoms with van der Waals surface area (Å²) >= 11 is 25.0. The second kappa shape index (κ2) is 8.62. The molecule has 0 aliphatic heterocycles. The molecule has 0 bridgehead atoms. The smallest absolute Gasteiger partial charge is 0.107 e. The summed E-state index contributed by atoms with van der Waals surface area (Å²) < 4.78 is 0. The SMILES string of the molecule is Clc1ccc([B-](C2=CC[C@H](Cl)C=C2)(c2ccc(Cl)cc2)c2ccc(Cl)cc2)cc1. The third-order valence-electron chi connectivity index (χ3n) is 5.69. The van der Waals surface area contributed by atoms with Crippen LogP contribution in [0.1, 0.15) is 6.42 Å². The molecule has 0 heterocycles. The van der Waals surface area contributed by atoms with Crippen LogP contribution in [-0.4, -0.2) is 11.5 Å². The molecule has 0 saturated carbocycles. The molecule has 0 saturated heterocycles. The Labute approximate surface area is 191 Å². The molecular weight excluding hydrogens is 441 g/mol. The number of alkyl halides is 1. The molecular formula is C24H18BCl4-. The van der Waals surface area contributed by atoms with E-state index >= 15 is 0 Å². The lowest BCUT2D eigenvalue weighted by Gasteiger charge is -2.46. The van der Waals surface area contributed by atoms with E-state index in [1.807, 2.05) is 36.4 Å². The minimum absolute atomic E-state index is 0.00732. The number of benzene rings is 3. The Bertz CT molecular complexity index is 941. The Morgan fingerprint density at radius 1 is 0.621 bits per heavy atom. The molecule has 3 aromatic carbocycles. The van der Waals surface area contributed by atoms with Gasteiger partial charge in [-0.05, 0) is 42.8 Å². The highest BCUT2D eigenvalue weighted by atomic mass is 35.5. The van der Waals surface area contributed by atoms with Crippen LogP contribution in [0.3, 0.4) is 0 Å². The summed E-state index contributed by atoms with van der Waals surface area (Å²) in [5.74, 6) is 0. The van der Waals surface area contributed by atoms with Crippen molar-refractivity contribution in [2.75, 3.05) is 0 Å². The molecule has 0 spiro atoms. The van der Waals surface area contributed by atoms with Crippen molar-refractivity contribution < 1.29 is 0 Å². The molecule has 0 N–H and O–H groups in total. The number of halogens is 4. The van der Waals surface area contributed by atoms with Gasteiger partial charge in [-0.15, -0.1) is 17.7 Å². The topological polar surface area (TPSA) is 0 Å². The molecule has 0 nitrogen and oxygen atoms in total. The quantitative estimate of drug-likeness (QED) is 0.325. The highest BCUT2D eigenvalue weighted by Crippen LogP contribution is 2.26. The van der Waals surface area contributed by atoms with Gasteiger partial charge in [0.05, 0.1) is 5.38 Å². The summed E-state index contributed by atoms with van der Waals surface area (Å²) in [6, 6.07) is 24.3. The molecule has 0 amide bonds. The summed E-state index contributed by atoms with van der Waals surface area (Å²) in [6.07, 6.45) is 5.78. The van der Waals surface area contributed by atoms with E-state index in [2.05, 4.69) is 54.6 Å². The second-order valence-electron chi connectivity index (χ2n) is 7.34. The molecule has 29 heavy (non-hydrogen) atoms. The van der Waals surface area contributed by atoms with Crippen LogP contribution in [0.2, 0.25) is 15.1 Å². The van der Waals surface area contributed by atoms with Crippen molar-refractivity contribution >= 4 is 68.9 Å². The van der Waals surface area contributed by atoms with Gasteiger partial charge in [0, 0.05) is 15.1 Å². The third kappa shape index (κ3) is 4.02. The van der Waals surface area contributed by atoms with E-state index in [-0.39, 0.29) is 5.38 Å². The lowest BCUT2D eigenvalue weighted by molar-refractivity contribution is 1.04. The molecule has 0 unspecified atom stereocenters. The van der Waals surface area contributed by atoms with Crippen LogP contribution in [0, 0.1) is 0 Å². The average molecular weight is 459 g/mol. The van der Waals surface area contributed by atoms with Crippen molar-refractivity contribution in [3.8, 4) is 0 Å². The van der Waals surface area contributed by atoms with Crippen molar-refractivity contribution in [2.24, 2.45) is 0 Å². The first-order chi connectivity index (χ1) is 14.0. The lowest BCUT2D eigenvalue weighted by atomic mass is 9.12. The van der Waals surface area contributed by atoms with E-state index in [0.29, 0.717) is 15.1 Å². The minimum Gasteiger partial charge on any atom is -0.199 e. The van der Waals surface area contributed by atoms with Crippen LogP contribution in [0.15, 0.2) is 96.5 Å². The highest BCUT2D eigenvalue weighted by Gasteiger charge is 2.33. The predicted molar refractivity (Wildman–Crippen MR) is 130 cm³/mol. The van der Waals surface area contributed by atoms with Crippen LogP contribution in [0.5, 0.6) is 0 Å². The fourth-order valence-electron chi connectivity index (χ4n) is 4.34. The van der Waals surface area contributed by atoms with Gasteiger partial charge in [-0.1, -0.05) is 83.4 Å². The van der Waals surface area contributed by atoms with Crippen LogP contribution < -0.4 is 16.4 Å². The first kappa shape index (κ1) is 20.6. The number of hydrogen-bond donors (Lipinski definition) is 0. The van der Waals surface area contributed by atoms with Gasteiger partial charge in [-0.2, -0.15) is 21.9 Å². The summed E-state index contributed by atoms with van der Waals surface area (Å²) in [6.45, 7) is 0. The fourth-order valence-corrected chi connectivity index (χ4v) is 4.88. The first-order valence-electron chi connectivity index (χ1n) is 9.46. The zero-order valence-corrected chi connectivity index (χ0v) is 18.6. The van der Waals surface area contributed by atoms with Crippen LogP contribution in [0.4, 0.5) is 0 Å². The molecule has 0 radical (unpaired) electrons. The van der Waals surface area contributed by atoms with E-state index < -0.39 is 6.15 Å². The molecule has 4 rings (SSSR count). The Balaban J connectivity index is 2.06. The maximum atomic E-state index is 6.36. The zero-order valence-electron chi connectivity index (χ0n) is 15.5. The van der Waals surface area contributed by atoms with E-state index in [4.69, 9.17) is 46.4 Å². The Hall–Kier alpha value is -1.64. The molecule has 1 aliphatic rings. The Kier molecular flexibility index (Phi) is 6.13. The largest absolute Gasteiger partial charge is 0.199 e. The zero-order chi connectivity index (χ0) is 20.4. The van der Waals surface area contributed by atoms with Crippen molar-refractivity contribution in [3.05, 3.63) is 112 Å². The van der Waals surface area contributed by atoms with Gasteiger partial charge in [0.25, 0.3) is 0 Å². The van der Waals surface area contributed by atoms with E-state index in [0.717, 1.165) is 6.42 Å². The van der Waals surface area contributed by atoms with Crippen molar-refractivity contribution in [3.63, 3.8) is 0 Å². The molecule has 0 fully saturated rings. The summed E-state index contributed by atoms with van der Waals surface area (Å²) in [5.41, 5.74) is 4.72. The van der Waals surface area contributed by atoms with Crippen LogP contribution in [-0.2, 0) is 0 Å². The standard InChI is InChI=1S/C24H18BCl4/c26-21-9-1-17(2-10-21)25(18-3-11-22(27)12-4-18,19-5-13-23(28)14-6-19)20-7-15-24(29)16-8-20/h1-15,24H,16H2/q-1/t24-/m1/s1. The minimum atomic E-state index is -1.46. The van der Waals surface area contributed by atoms with E-state index in [9.17, 15) is 0 Å². The van der Waals surface area contributed by atoms with Crippen molar-refractivity contribution in [1.82, 2.24) is 0 Å². The highest BCUT2D eigenvalue weighted by molar-refractivity contribution is 7.16. The summed E-state index contributed by atoms with van der Waals surface area (Å²) in [7, 11) is 0. The summed E-state index contributed by atoms with van der Waals surface area (Å²) in [5, 5.41) is 2.13. The Morgan fingerprint density at radius 2 is 1.00 bits per heavy atom. The van der Waals surface area contributed by atoms with Gasteiger partial charge < -0.3 is 0 Å².